The van der Waals surface area contributed by atoms with Gasteiger partial charge in [0.05, 0.1) is 11.2 Å². The van der Waals surface area contributed by atoms with Crippen LogP contribution in [0.4, 0.5) is 0 Å². The molecule has 0 bridgehead atoms. The Bertz CT molecular complexity index is 1860. The zero-order chi connectivity index (χ0) is 34.2. The molecule has 2 heterocycles. The maximum Gasteiger partial charge on any atom is 0.219 e. The lowest BCUT2D eigenvalue weighted by atomic mass is 10.1. The minimum atomic E-state index is 0.406. The minimum Gasteiger partial charge on any atom is -0.487 e. The molecule has 5 aromatic rings. The number of ether oxygens (including phenoxy) is 3. The fourth-order valence-corrected chi connectivity index (χ4v) is 6.06. The van der Waals surface area contributed by atoms with Crippen LogP contribution in [0.15, 0.2) is 109 Å². The van der Waals surface area contributed by atoms with Crippen molar-refractivity contribution in [1.82, 2.24) is 14.8 Å². The molecule has 0 N–H and O–H groups in total. The second-order valence-electron chi connectivity index (χ2n) is 12.0. The van der Waals surface area contributed by atoms with Crippen molar-refractivity contribution in [2.75, 3.05) is 26.2 Å². The average Bonchev–Trinajstić information content (AvgIpc) is 3.11. The van der Waals surface area contributed by atoms with Gasteiger partial charge in [0.2, 0.25) is 5.88 Å². The Morgan fingerprint density at radius 3 is 2.06 bits per heavy atom. The van der Waals surface area contributed by atoms with E-state index < -0.39 is 0 Å². The van der Waals surface area contributed by atoms with Gasteiger partial charge in [-0.1, -0.05) is 65.2 Å². The van der Waals surface area contributed by atoms with Crippen LogP contribution in [0.25, 0.3) is 5.70 Å². The number of aryl methyl sites for hydroxylation is 2. The van der Waals surface area contributed by atoms with E-state index in [1.54, 1.807) is 18.3 Å². The highest BCUT2D eigenvalue weighted by molar-refractivity contribution is 6.32. The van der Waals surface area contributed by atoms with Gasteiger partial charge in [0.15, 0.2) is 5.75 Å². The monoisotopic (exact) mass is 693 g/mol. The molecular formula is C40H37Cl2N3O4. The van der Waals surface area contributed by atoms with E-state index in [1.165, 1.54) is 11.1 Å². The van der Waals surface area contributed by atoms with Gasteiger partial charge < -0.3 is 19.1 Å². The minimum absolute atomic E-state index is 0.406. The highest BCUT2D eigenvalue weighted by atomic mass is 35.5. The Kier molecular flexibility index (Phi) is 11.2. The molecule has 0 aliphatic carbocycles. The van der Waals surface area contributed by atoms with Crippen LogP contribution in [0.3, 0.4) is 0 Å². The van der Waals surface area contributed by atoms with Crippen molar-refractivity contribution in [3.8, 4) is 28.9 Å². The SMILES string of the molecule is Cc1ccc(COc2ccc(Oc3c(C)cc(/C(=C\C=O)N4CCN(Cc5ccc(Oc6ccc(Cl)cc6)cc5)CC4)cc3Cl)nc2)cc1. The van der Waals surface area contributed by atoms with Gasteiger partial charge in [-0.05, 0) is 90.7 Å². The molecule has 0 atom stereocenters. The maximum atomic E-state index is 11.7. The number of piperazine rings is 1. The third-order valence-corrected chi connectivity index (χ3v) is 8.82. The Morgan fingerprint density at radius 2 is 1.43 bits per heavy atom. The van der Waals surface area contributed by atoms with E-state index in [0.29, 0.717) is 34.0 Å². The van der Waals surface area contributed by atoms with E-state index in [1.807, 2.05) is 73.7 Å². The highest BCUT2D eigenvalue weighted by Crippen LogP contribution is 2.36. The molecule has 0 amide bonds. The molecule has 4 aromatic carbocycles. The van der Waals surface area contributed by atoms with Gasteiger partial charge in [-0.2, -0.15) is 0 Å². The van der Waals surface area contributed by atoms with Crippen molar-refractivity contribution < 1.29 is 19.0 Å². The normalized spacial score (nSPS) is 13.6. The van der Waals surface area contributed by atoms with E-state index in [0.717, 1.165) is 72.9 Å². The van der Waals surface area contributed by atoms with E-state index in [9.17, 15) is 4.79 Å². The molecule has 6 rings (SSSR count). The summed E-state index contributed by atoms with van der Waals surface area (Å²) in [4.78, 5) is 20.8. The molecule has 0 saturated carbocycles. The summed E-state index contributed by atoms with van der Waals surface area (Å²) in [6, 6.07) is 31.1. The van der Waals surface area contributed by atoms with E-state index in [-0.39, 0.29) is 0 Å². The zero-order valence-corrected chi connectivity index (χ0v) is 29.0. The smallest absolute Gasteiger partial charge is 0.219 e. The van der Waals surface area contributed by atoms with Crippen LogP contribution in [0.5, 0.6) is 28.9 Å². The summed E-state index contributed by atoms with van der Waals surface area (Å²) in [6.07, 6.45) is 4.07. The lowest BCUT2D eigenvalue weighted by Gasteiger charge is -2.37. The van der Waals surface area contributed by atoms with Crippen LogP contribution in [0, 0.1) is 13.8 Å². The number of nitrogens with zero attached hydrogens (tertiary/aromatic N) is 3. The number of allylic oxidation sites excluding steroid dienone is 1. The Morgan fingerprint density at radius 1 is 0.776 bits per heavy atom. The van der Waals surface area contributed by atoms with Crippen LogP contribution >= 0.6 is 23.2 Å². The molecule has 0 unspecified atom stereocenters. The van der Waals surface area contributed by atoms with E-state index >= 15 is 0 Å². The molecule has 250 valence electrons. The summed E-state index contributed by atoms with van der Waals surface area (Å²) in [5.41, 5.74) is 6.03. The topological polar surface area (TPSA) is 64.1 Å². The number of benzene rings is 4. The number of carbonyl (C=O) groups excluding carboxylic acids is 1. The first kappa shape index (κ1) is 34.1. The summed E-state index contributed by atoms with van der Waals surface area (Å²) in [5, 5.41) is 1.12. The average molecular weight is 695 g/mol. The van der Waals surface area contributed by atoms with Gasteiger partial charge in [0, 0.05) is 55.6 Å². The van der Waals surface area contributed by atoms with Gasteiger partial charge >= 0.3 is 0 Å². The summed E-state index contributed by atoms with van der Waals surface area (Å²) < 4.78 is 17.9. The molecule has 9 heteroatoms. The maximum absolute atomic E-state index is 11.7. The molecule has 1 aromatic heterocycles. The largest absolute Gasteiger partial charge is 0.487 e. The first-order valence-corrected chi connectivity index (χ1v) is 16.9. The molecule has 0 radical (unpaired) electrons. The summed E-state index contributed by atoms with van der Waals surface area (Å²) in [6.45, 7) is 8.52. The van der Waals surface area contributed by atoms with Crippen LogP contribution in [0.2, 0.25) is 10.0 Å². The Balaban J connectivity index is 1.03. The Labute approximate surface area is 297 Å². The molecular weight excluding hydrogens is 657 g/mol. The number of aromatic nitrogens is 1. The molecule has 0 spiro atoms. The van der Waals surface area contributed by atoms with Crippen molar-refractivity contribution in [2.24, 2.45) is 0 Å². The molecule has 1 aliphatic rings. The number of aldehydes is 1. The summed E-state index contributed by atoms with van der Waals surface area (Å²) in [7, 11) is 0. The van der Waals surface area contributed by atoms with Gasteiger partial charge in [-0.15, -0.1) is 0 Å². The van der Waals surface area contributed by atoms with Gasteiger partial charge in [0.1, 0.15) is 30.1 Å². The molecule has 7 nitrogen and oxygen atoms in total. The third kappa shape index (κ3) is 9.21. The number of halogens is 2. The summed E-state index contributed by atoms with van der Waals surface area (Å²) in [5.74, 6) is 3.09. The first-order valence-electron chi connectivity index (χ1n) is 16.1. The molecule has 49 heavy (non-hydrogen) atoms. The summed E-state index contributed by atoms with van der Waals surface area (Å²) >= 11 is 12.7. The van der Waals surface area contributed by atoms with Gasteiger partial charge in [-0.25, -0.2) is 4.98 Å². The second-order valence-corrected chi connectivity index (χ2v) is 12.8. The number of hydrogen-bond acceptors (Lipinski definition) is 7. The van der Waals surface area contributed by atoms with Crippen LogP contribution in [-0.2, 0) is 17.9 Å². The molecule has 1 fully saturated rings. The number of rotatable bonds is 12. The van der Waals surface area contributed by atoms with Crippen molar-refractivity contribution >= 4 is 35.2 Å². The van der Waals surface area contributed by atoms with Gasteiger partial charge in [-0.3, -0.25) is 9.69 Å². The lowest BCUT2D eigenvalue weighted by molar-refractivity contribution is -0.104. The quantitative estimate of drug-likeness (QED) is 0.0953. The fraction of sp³-hybridized carbons (Fsp3) is 0.200. The van der Waals surface area contributed by atoms with Crippen LogP contribution < -0.4 is 14.2 Å². The van der Waals surface area contributed by atoms with Crippen molar-refractivity contribution in [2.45, 2.75) is 27.0 Å². The zero-order valence-electron chi connectivity index (χ0n) is 27.4. The third-order valence-electron chi connectivity index (χ3n) is 8.28. The van der Waals surface area contributed by atoms with Crippen molar-refractivity contribution in [1.29, 1.82) is 0 Å². The predicted octanol–water partition coefficient (Wildman–Crippen LogP) is 9.53. The van der Waals surface area contributed by atoms with Crippen LogP contribution in [-0.4, -0.2) is 47.2 Å². The van der Waals surface area contributed by atoms with Crippen molar-refractivity contribution in [3.63, 3.8) is 0 Å². The standard InChI is InChI=1S/C40H37Cl2N3O4/c1-28-3-5-31(6-4-28)27-47-36-15-16-39(43-25-36)49-40-29(2)23-32(24-37(40)42)38(17-22-46)45-20-18-44(19-21-45)26-30-7-11-34(12-8-30)48-35-13-9-33(41)10-14-35/h3-17,22-25H,18-21,26-27H2,1-2H3/b38-17+. The second kappa shape index (κ2) is 16.1. The fourth-order valence-electron chi connectivity index (χ4n) is 5.63. The van der Waals surface area contributed by atoms with E-state index in [2.05, 4.69) is 46.0 Å². The predicted molar refractivity (Wildman–Crippen MR) is 195 cm³/mol. The molecule has 1 saturated heterocycles. The van der Waals surface area contributed by atoms with Gasteiger partial charge in [0.25, 0.3) is 0 Å². The first-order chi connectivity index (χ1) is 23.8. The number of hydrogen-bond donors (Lipinski definition) is 0. The lowest BCUT2D eigenvalue weighted by Crippen LogP contribution is -2.45. The van der Waals surface area contributed by atoms with Crippen LogP contribution in [0.1, 0.15) is 27.8 Å². The number of pyridine rings is 1. The van der Waals surface area contributed by atoms with Crippen molar-refractivity contribution in [3.05, 3.63) is 147 Å². The van der Waals surface area contributed by atoms with E-state index in [4.69, 9.17) is 37.4 Å². The Hall–Kier alpha value is -4.82. The number of carbonyl (C=O) groups is 1. The highest BCUT2D eigenvalue weighted by Gasteiger charge is 2.22. The molecule has 1 aliphatic heterocycles.